The van der Waals surface area contributed by atoms with Gasteiger partial charge in [0.2, 0.25) is 17.7 Å². The van der Waals surface area contributed by atoms with Crippen molar-refractivity contribution in [2.75, 3.05) is 6.54 Å². The summed E-state index contributed by atoms with van der Waals surface area (Å²) in [7, 11) is 0. The third kappa shape index (κ3) is 7.87. The first-order chi connectivity index (χ1) is 18.2. The van der Waals surface area contributed by atoms with Crippen LogP contribution in [0.15, 0.2) is 60.7 Å². The average molecular weight is 525 g/mol. The Morgan fingerprint density at radius 3 is 1.95 bits per heavy atom. The Kier molecular flexibility index (Phi) is 9.94. The van der Waals surface area contributed by atoms with Crippen molar-refractivity contribution in [3.8, 4) is 0 Å². The molecule has 0 saturated carbocycles. The molecule has 1 fully saturated rings. The molecule has 0 radical (unpaired) electrons. The first kappa shape index (κ1) is 28.3. The minimum absolute atomic E-state index is 0.0558. The van der Waals surface area contributed by atoms with E-state index < -0.39 is 60.2 Å². The van der Waals surface area contributed by atoms with Crippen LogP contribution in [0.4, 0.5) is 0 Å². The van der Waals surface area contributed by atoms with Gasteiger partial charge in [0.1, 0.15) is 18.1 Å². The fourth-order valence-electron chi connectivity index (χ4n) is 4.44. The molecule has 38 heavy (non-hydrogen) atoms. The number of nitrogens with two attached hydrogens (primary N) is 1. The molecule has 4 unspecified atom stereocenters. The van der Waals surface area contributed by atoms with Crippen molar-refractivity contribution in [3.63, 3.8) is 0 Å². The van der Waals surface area contributed by atoms with E-state index in [1.54, 1.807) is 60.7 Å². The van der Waals surface area contributed by atoms with Gasteiger partial charge in [-0.25, -0.2) is 4.79 Å². The summed E-state index contributed by atoms with van der Waals surface area (Å²) in [4.78, 5) is 63.4. The smallest absolute Gasteiger partial charge is 0.326 e. The van der Waals surface area contributed by atoms with Crippen molar-refractivity contribution in [1.29, 1.82) is 0 Å². The van der Waals surface area contributed by atoms with Gasteiger partial charge in [-0.15, -0.1) is 0 Å². The lowest BCUT2D eigenvalue weighted by atomic mass is 10.0. The van der Waals surface area contributed by atoms with E-state index in [2.05, 4.69) is 10.6 Å². The van der Waals surface area contributed by atoms with E-state index >= 15 is 0 Å². The minimum Gasteiger partial charge on any atom is -0.481 e. The molecule has 1 saturated heterocycles. The largest absolute Gasteiger partial charge is 0.481 e. The lowest BCUT2D eigenvalue weighted by Crippen LogP contribution is -2.57. The zero-order valence-corrected chi connectivity index (χ0v) is 20.8. The molecule has 2 aromatic rings. The van der Waals surface area contributed by atoms with Crippen LogP contribution in [0.25, 0.3) is 0 Å². The molecule has 0 spiro atoms. The lowest BCUT2D eigenvalue weighted by molar-refractivity contribution is -0.144. The van der Waals surface area contributed by atoms with Crippen LogP contribution in [0, 0.1) is 0 Å². The molecule has 11 heteroatoms. The number of amides is 3. The molecule has 3 rings (SSSR count). The summed E-state index contributed by atoms with van der Waals surface area (Å²) in [5, 5.41) is 23.9. The van der Waals surface area contributed by atoms with Crippen LogP contribution in [0.1, 0.15) is 30.4 Å². The topological polar surface area (TPSA) is 179 Å². The monoisotopic (exact) mass is 524 g/mol. The van der Waals surface area contributed by atoms with E-state index in [1.165, 1.54) is 4.90 Å². The van der Waals surface area contributed by atoms with E-state index in [0.29, 0.717) is 12.8 Å². The zero-order valence-electron chi connectivity index (χ0n) is 20.8. The van der Waals surface area contributed by atoms with Crippen LogP contribution in [-0.4, -0.2) is 75.5 Å². The number of rotatable bonds is 12. The third-order valence-corrected chi connectivity index (χ3v) is 6.36. The minimum atomic E-state index is -1.29. The van der Waals surface area contributed by atoms with Crippen molar-refractivity contribution < 1.29 is 34.2 Å². The Balaban J connectivity index is 1.76. The maximum atomic E-state index is 13.3. The predicted octanol–water partition coefficient (Wildman–Crippen LogP) is 0.319. The second-order valence-electron chi connectivity index (χ2n) is 9.23. The highest BCUT2D eigenvalue weighted by molar-refractivity contribution is 5.95. The van der Waals surface area contributed by atoms with Crippen LogP contribution >= 0.6 is 0 Å². The fraction of sp³-hybridized carbons (Fsp3) is 0.370. The summed E-state index contributed by atoms with van der Waals surface area (Å²) < 4.78 is 0. The van der Waals surface area contributed by atoms with Crippen LogP contribution in [-0.2, 0) is 36.8 Å². The number of carboxylic acid groups (broad SMARTS) is 2. The number of hydrogen-bond acceptors (Lipinski definition) is 6. The van der Waals surface area contributed by atoms with Gasteiger partial charge in [-0.3, -0.25) is 19.2 Å². The first-order valence-corrected chi connectivity index (χ1v) is 12.3. The van der Waals surface area contributed by atoms with E-state index in [-0.39, 0.29) is 19.4 Å². The highest BCUT2D eigenvalue weighted by Crippen LogP contribution is 2.19. The number of nitrogens with zero attached hydrogens (tertiary/aromatic N) is 1. The molecule has 11 nitrogen and oxygen atoms in total. The Morgan fingerprint density at radius 1 is 0.868 bits per heavy atom. The lowest BCUT2D eigenvalue weighted by Gasteiger charge is -2.28. The average Bonchev–Trinajstić information content (AvgIpc) is 3.38. The van der Waals surface area contributed by atoms with Gasteiger partial charge in [0.15, 0.2) is 0 Å². The quantitative estimate of drug-likeness (QED) is 0.263. The van der Waals surface area contributed by atoms with Crippen LogP contribution in [0.5, 0.6) is 0 Å². The van der Waals surface area contributed by atoms with E-state index in [1.807, 2.05) is 0 Å². The van der Waals surface area contributed by atoms with Gasteiger partial charge in [0, 0.05) is 19.4 Å². The van der Waals surface area contributed by atoms with Gasteiger partial charge < -0.3 is 31.5 Å². The van der Waals surface area contributed by atoms with E-state index in [4.69, 9.17) is 10.8 Å². The van der Waals surface area contributed by atoms with Crippen molar-refractivity contribution in [3.05, 3.63) is 71.8 Å². The van der Waals surface area contributed by atoms with Gasteiger partial charge in [-0.1, -0.05) is 60.7 Å². The highest BCUT2D eigenvalue weighted by Gasteiger charge is 2.38. The number of benzene rings is 2. The van der Waals surface area contributed by atoms with Crippen molar-refractivity contribution in [2.45, 2.75) is 56.3 Å². The molecule has 4 atom stereocenters. The molecule has 202 valence electrons. The third-order valence-electron chi connectivity index (χ3n) is 6.36. The summed E-state index contributed by atoms with van der Waals surface area (Å²) in [6.07, 6.45) is 0.413. The van der Waals surface area contributed by atoms with Crippen LogP contribution < -0.4 is 16.4 Å². The summed E-state index contributed by atoms with van der Waals surface area (Å²) in [6, 6.07) is 13.2. The van der Waals surface area contributed by atoms with Gasteiger partial charge in [-0.2, -0.15) is 0 Å². The molecule has 1 aliphatic heterocycles. The number of carboxylic acids is 2. The normalized spacial score (nSPS) is 17.2. The number of carbonyl (C=O) groups is 5. The second kappa shape index (κ2) is 13.3. The Labute approximate surface area is 220 Å². The zero-order chi connectivity index (χ0) is 27.7. The van der Waals surface area contributed by atoms with Crippen LogP contribution in [0.3, 0.4) is 0 Å². The fourth-order valence-corrected chi connectivity index (χ4v) is 4.44. The van der Waals surface area contributed by atoms with Crippen molar-refractivity contribution in [1.82, 2.24) is 15.5 Å². The summed E-state index contributed by atoms with van der Waals surface area (Å²) in [5.41, 5.74) is 7.20. The Morgan fingerprint density at radius 2 is 1.42 bits per heavy atom. The first-order valence-electron chi connectivity index (χ1n) is 12.3. The molecule has 6 N–H and O–H groups in total. The molecular formula is C27H32N4O7. The second-order valence-corrected chi connectivity index (χ2v) is 9.23. The Bertz CT molecular complexity index is 1140. The Hall–Kier alpha value is -4.25. The number of likely N-dealkylation sites (tertiary alicyclic amines) is 1. The number of nitrogens with one attached hydrogen (secondary N) is 2. The van der Waals surface area contributed by atoms with Gasteiger partial charge in [0.25, 0.3) is 0 Å². The SMILES string of the molecule is NC(CC(=O)O)C(=O)N1CCCC1C(=O)NC(Cc1ccccc1)C(=O)NC(Cc1ccccc1)C(=O)O. The number of aliphatic carboxylic acids is 2. The molecule has 2 aromatic carbocycles. The summed E-state index contributed by atoms with van der Waals surface area (Å²) in [5.74, 6) is -4.36. The summed E-state index contributed by atoms with van der Waals surface area (Å²) in [6.45, 7) is 0.234. The van der Waals surface area contributed by atoms with E-state index in [9.17, 15) is 29.1 Å². The van der Waals surface area contributed by atoms with Crippen LogP contribution in [0.2, 0.25) is 0 Å². The molecule has 1 aliphatic rings. The van der Waals surface area contributed by atoms with Crippen molar-refractivity contribution >= 4 is 29.7 Å². The molecule has 0 aromatic heterocycles. The van der Waals surface area contributed by atoms with E-state index in [0.717, 1.165) is 11.1 Å². The van der Waals surface area contributed by atoms with Gasteiger partial charge in [-0.05, 0) is 24.0 Å². The summed E-state index contributed by atoms with van der Waals surface area (Å²) >= 11 is 0. The maximum absolute atomic E-state index is 13.3. The maximum Gasteiger partial charge on any atom is 0.326 e. The molecular weight excluding hydrogens is 492 g/mol. The molecule has 0 bridgehead atoms. The predicted molar refractivity (Wildman–Crippen MR) is 137 cm³/mol. The van der Waals surface area contributed by atoms with Gasteiger partial charge in [0.05, 0.1) is 12.5 Å². The van der Waals surface area contributed by atoms with Gasteiger partial charge >= 0.3 is 11.9 Å². The number of hydrogen-bond donors (Lipinski definition) is 5. The standard InChI is InChI=1S/C27H32N4O7/c28-19(16-23(32)33)26(36)31-13-7-12-22(31)25(35)29-20(14-17-8-3-1-4-9-17)24(34)30-21(27(37)38)15-18-10-5-2-6-11-18/h1-6,8-11,19-22H,7,12-16,28H2,(H,29,35)(H,30,34)(H,32,33)(H,37,38). The molecule has 3 amide bonds. The highest BCUT2D eigenvalue weighted by atomic mass is 16.4. The number of carbonyl (C=O) groups excluding carboxylic acids is 3. The molecule has 1 heterocycles. The molecule has 0 aliphatic carbocycles. The van der Waals surface area contributed by atoms with Crippen molar-refractivity contribution in [2.24, 2.45) is 5.73 Å².